The first kappa shape index (κ1) is 13.6. The standard InChI is InChI=1S/C15H10F4N2/c16-11-5-4-9-8-21(14(20)13(9)7-11)12-3-1-2-10(6-12)15(17,18)19/h1-7,20H,8H2. The van der Waals surface area contributed by atoms with Crippen molar-refractivity contribution in [3.05, 3.63) is 65.0 Å². The first-order valence-electron chi connectivity index (χ1n) is 6.18. The Morgan fingerprint density at radius 1 is 1.05 bits per heavy atom. The molecule has 108 valence electrons. The SMILES string of the molecule is N=C1c2cc(F)ccc2CN1c1cccc(C(F)(F)F)c1. The minimum Gasteiger partial charge on any atom is -0.322 e. The first-order valence-corrected chi connectivity index (χ1v) is 6.18. The summed E-state index contributed by atoms with van der Waals surface area (Å²) in [7, 11) is 0. The number of halogens is 4. The lowest BCUT2D eigenvalue weighted by Gasteiger charge is -2.19. The van der Waals surface area contributed by atoms with Crippen LogP contribution in [0, 0.1) is 11.2 Å². The molecule has 1 heterocycles. The largest absolute Gasteiger partial charge is 0.416 e. The zero-order valence-electron chi connectivity index (χ0n) is 10.7. The Kier molecular flexibility index (Phi) is 2.97. The maximum Gasteiger partial charge on any atom is 0.416 e. The van der Waals surface area contributed by atoms with Crippen LogP contribution in [0.3, 0.4) is 0 Å². The van der Waals surface area contributed by atoms with E-state index < -0.39 is 17.6 Å². The summed E-state index contributed by atoms with van der Waals surface area (Å²) in [6.07, 6.45) is -4.43. The van der Waals surface area contributed by atoms with Crippen LogP contribution in [0.5, 0.6) is 0 Å². The highest BCUT2D eigenvalue weighted by Gasteiger charge is 2.32. The molecule has 2 aromatic rings. The van der Waals surface area contributed by atoms with Gasteiger partial charge in [0.25, 0.3) is 0 Å². The average molecular weight is 294 g/mol. The second-order valence-corrected chi connectivity index (χ2v) is 4.78. The molecule has 0 aromatic heterocycles. The number of benzene rings is 2. The zero-order valence-corrected chi connectivity index (χ0v) is 10.7. The summed E-state index contributed by atoms with van der Waals surface area (Å²) < 4.78 is 51.5. The summed E-state index contributed by atoms with van der Waals surface area (Å²) in [5.74, 6) is -0.465. The van der Waals surface area contributed by atoms with Crippen molar-refractivity contribution in [1.82, 2.24) is 0 Å². The highest BCUT2D eigenvalue weighted by molar-refractivity contribution is 6.11. The molecule has 0 aliphatic carbocycles. The van der Waals surface area contributed by atoms with Gasteiger partial charge in [0.1, 0.15) is 11.7 Å². The van der Waals surface area contributed by atoms with E-state index in [2.05, 4.69) is 0 Å². The highest BCUT2D eigenvalue weighted by atomic mass is 19.4. The molecule has 3 rings (SSSR count). The van der Waals surface area contributed by atoms with Crippen molar-refractivity contribution in [3.8, 4) is 0 Å². The van der Waals surface area contributed by atoms with Gasteiger partial charge in [-0.1, -0.05) is 12.1 Å². The lowest BCUT2D eigenvalue weighted by molar-refractivity contribution is -0.137. The quantitative estimate of drug-likeness (QED) is 0.784. The molecule has 2 aromatic carbocycles. The molecule has 0 amide bonds. The summed E-state index contributed by atoms with van der Waals surface area (Å²) in [6.45, 7) is 0.260. The Balaban J connectivity index is 1.99. The van der Waals surface area contributed by atoms with Gasteiger partial charge in [-0.05, 0) is 35.9 Å². The summed E-state index contributed by atoms with van der Waals surface area (Å²) in [4.78, 5) is 1.43. The van der Waals surface area contributed by atoms with Gasteiger partial charge in [0.2, 0.25) is 0 Å². The number of rotatable bonds is 1. The predicted molar refractivity (Wildman–Crippen MR) is 70.9 cm³/mol. The molecule has 1 N–H and O–H groups in total. The summed E-state index contributed by atoms with van der Waals surface area (Å²) in [5.41, 5.74) is 0.632. The van der Waals surface area contributed by atoms with Crippen LogP contribution in [0.2, 0.25) is 0 Å². The number of hydrogen-bond acceptors (Lipinski definition) is 1. The Hall–Kier alpha value is -2.37. The van der Waals surface area contributed by atoms with E-state index in [4.69, 9.17) is 5.41 Å². The monoisotopic (exact) mass is 294 g/mol. The third-order valence-corrected chi connectivity index (χ3v) is 3.41. The third-order valence-electron chi connectivity index (χ3n) is 3.41. The zero-order chi connectivity index (χ0) is 15.2. The molecule has 21 heavy (non-hydrogen) atoms. The normalized spacial score (nSPS) is 14.5. The summed E-state index contributed by atoms with van der Waals surface area (Å²) in [6, 6.07) is 8.84. The number of fused-ring (bicyclic) bond motifs is 1. The molecule has 2 nitrogen and oxygen atoms in total. The van der Waals surface area contributed by atoms with E-state index in [1.807, 2.05) is 0 Å². The van der Waals surface area contributed by atoms with Crippen molar-refractivity contribution >= 4 is 11.5 Å². The molecule has 0 bridgehead atoms. The minimum atomic E-state index is -4.43. The van der Waals surface area contributed by atoms with Crippen LogP contribution in [-0.4, -0.2) is 5.84 Å². The van der Waals surface area contributed by atoms with Gasteiger partial charge in [-0.25, -0.2) is 4.39 Å². The van der Waals surface area contributed by atoms with Crippen molar-refractivity contribution in [1.29, 1.82) is 5.41 Å². The van der Waals surface area contributed by atoms with Crippen LogP contribution >= 0.6 is 0 Å². The number of amidine groups is 1. The third kappa shape index (κ3) is 2.37. The van der Waals surface area contributed by atoms with E-state index in [1.54, 1.807) is 6.07 Å². The smallest absolute Gasteiger partial charge is 0.322 e. The second kappa shape index (κ2) is 4.58. The number of hydrogen-bond donors (Lipinski definition) is 1. The maximum absolute atomic E-state index is 13.2. The first-order chi connectivity index (χ1) is 9.86. The summed E-state index contributed by atoms with van der Waals surface area (Å²) in [5, 5.41) is 8.03. The molecular formula is C15H10F4N2. The van der Waals surface area contributed by atoms with E-state index in [1.165, 1.54) is 29.2 Å². The van der Waals surface area contributed by atoms with Crippen LogP contribution in [-0.2, 0) is 12.7 Å². The fraction of sp³-hybridized carbons (Fsp3) is 0.133. The fourth-order valence-electron chi connectivity index (χ4n) is 2.37. The number of anilines is 1. The Morgan fingerprint density at radius 3 is 2.52 bits per heavy atom. The van der Waals surface area contributed by atoms with Crippen LogP contribution in [0.15, 0.2) is 42.5 Å². The van der Waals surface area contributed by atoms with E-state index in [9.17, 15) is 17.6 Å². The number of nitrogens with zero attached hydrogens (tertiary/aromatic N) is 1. The van der Waals surface area contributed by atoms with E-state index in [-0.39, 0.29) is 18.1 Å². The highest BCUT2D eigenvalue weighted by Crippen LogP contribution is 2.34. The van der Waals surface area contributed by atoms with Crippen LogP contribution < -0.4 is 4.90 Å². The molecule has 1 aliphatic heterocycles. The van der Waals surface area contributed by atoms with Crippen molar-refractivity contribution < 1.29 is 17.6 Å². The Morgan fingerprint density at radius 2 is 1.81 bits per heavy atom. The molecule has 0 saturated heterocycles. The van der Waals surface area contributed by atoms with E-state index in [0.29, 0.717) is 5.56 Å². The topological polar surface area (TPSA) is 27.1 Å². The van der Waals surface area contributed by atoms with Gasteiger partial charge in [-0.2, -0.15) is 13.2 Å². The lowest BCUT2D eigenvalue weighted by Crippen LogP contribution is -2.23. The van der Waals surface area contributed by atoms with Gasteiger partial charge in [0.05, 0.1) is 12.1 Å². The van der Waals surface area contributed by atoms with Gasteiger partial charge in [-0.3, -0.25) is 5.41 Å². The predicted octanol–water partition coefficient (Wildman–Crippen LogP) is 4.19. The molecule has 0 fully saturated rings. The molecule has 0 saturated carbocycles. The van der Waals surface area contributed by atoms with Crippen molar-refractivity contribution in [3.63, 3.8) is 0 Å². The number of alkyl halides is 3. The van der Waals surface area contributed by atoms with Gasteiger partial charge in [0.15, 0.2) is 0 Å². The van der Waals surface area contributed by atoms with Crippen molar-refractivity contribution in [2.45, 2.75) is 12.7 Å². The van der Waals surface area contributed by atoms with E-state index >= 15 is 0 Å². The molecule has 6 heteroatoms. The van der Waals surface area contributed by atoms with Crippen LogP contribution in [0.1, 0.15) is 16.7 Å². The second-order valence-electron chi connectivity index (χ2n) is 4.78. The molecule has 0 unspecified atom stereocenters. The molecule has 0 radical (unpaired) electrons. The van der Waals surface area contributed by atoms with Crippen LogP contribution in [0.25, 0.3) is 0 Å². The van der Waals surface area contributed by atoms with Gasteiger partial charge in [-0.15, -0.1) is 0 Å². The molecule has 1 aliphatic rings. The minimum absolute atomic E-state index is 0.00354. The molecular weight excluding hydrogens is 284 g/mol. The summed E-state index contributed by atoms with van der Waals surface area (Å²) >= 11 is 0. The van der Waals surface area contributed by atoms with Crippen molar-refractivity contribution in [2.75, 3.05) is 4.90 Å². The van der Waals surface area contributed by atoms with Crippen molar-refractivity contribution in [2.24, 2.45) is 0 Å². The van der Waals surface area contributed by atoms with E-state index in [0.717, 1.165) is 17.7 Å². The van der Waals surface area contributed by atoms with Gasteiger partial charge in [0, 0.05) is 11.3 Å². The Bertz CT molecular complexity index is 722. The fourth-order valence-corrected chi connectivity index (χ4v) is 2.37. The van der Waals surface area contributed by atoms with Gasteiger partial charge < -0.3 is 4.90 Å². The molecule has 0 spiro atoms. The van der Waals surface area contributed by atoms with Gasteiger partial charge >= 0.3 is 6.18 Å². The lowest BCUT2D eigenvalue weighted by atomic mass is 10.1. The average Bonchev–Trinajstić information content (AvgIpc) is 2.75. The maximum atomic E-state index is 13.2. The number of nitrogens with one attached hydrogen (secondary N) is 1. The Labute approximate surface area is 118 Å². The molecule has 0 atom stereocenters. The van der Waals surface area contributed by atoms with Crippen LogP contribution in [0.4, 0.5) is 23.2 Å².